The van der Waals surface area contributed by atoms with E-state index in [-0.39, 0.29) is 0 Å². The van der Waals surface area contributed by atoms with Crippen molar-refractivity contribution < 1.29 is 0 Å². The Hall–Kier alpha value is -1.30. The van der Waals surface area contributed by atoms with Gasteiger partial charge in [-0.15, -0.1) is 0 Å². The van der Waals surface area contributed by atoms with Gasteiger partial charge in [0.25, 0.3) is 0 Å². The molecular formula is C18H26. The van der Waals surface area contributed by atoms with Gasteiger partial charge >= 0.3 is 0 Å². The Bertz CT molecular complexity index is 366. The van der Waals surface area contributed by atoms with Gasteiger partial charge in [-0.2, -0.15) is 0 Å². The van der Waals surface area contributed by atoms with Gasteiger partial charge in [-0.3, -0.25) is 0 Å². The van der Waals surface area contributed by atoms with E-state index < -0.39 is 0 Å². The number of allylic oxidation sites excluding steroid dienone is 4. The van der Waals surface area contributed by atoms with Gasteiger partial charge in [-0.05, 0) is 51.0 Å². The third-order valence-corrected chi connectivity index (χ3v) is 3.11. The average molecular weight is 242 g/mol. The summed E-state index contributed by atoms with van der Waals surface area (Å²) < 4.78 is 0. The summed E-state index contributed by atoms with van der Waals surface area (Å²) in [5.74, 6) is 0.785. The molecule has 0 spiro atoms. The minimum Gasteiger partial charge on any atom is -0.0879 e. The van der Waals surface area contributed by atoms with E-state index >= 15 is 0 Å². The Labute approximate surface area is 112 Å². The van der Waals surface area contributed by atoms with Gasteiger partial charge in [0.2, 0.25) is 0 Å². The molecule has 0 unspecified atom stereocenters. The lowest BCUT2D eigenvalue weighted by Crippen LogP contribution is -1.91. The first-order valence-corrected chi connectivity index (χ1v) is 7.00. The van der Waals surface area contributed by atoms with Crippen LogP contribution in [0.2, 0.25) is 0 Å². The molecule has 0 aliphatic heterocycles. The van der Waals surface area contributed by atoms with Crippen LogP contribution >= 0.6 is 0 Å². The van der Waals surface area contributed by atoms with Crippen LogP contribution in [0.5, 0.6) is 0 Å². The van der Waals surface area contributed by atoms with Gasteiger partial charge in [0.05, 0.1) is 0 Å². The van der Waals surface area contributed by atoms with Gasteiger partial charge < -0.3 is 0 Å². The first kappa shape index (κ1) is 14.8. The Morgan fingerprint density at radius 1 is 1.11 bits per heavy atom. The monoisotopic (exact) mass is 242 g/mol. The normalized spacial score (nSPS) is 12.6. The molecule has 0 saturated heterocycles. The smallest absolute Gasteiger partial charge is 0.00975 e. The highest BCUT2D eigenvalue weighted by Crippen LogP contribution is 2.12. The Morgan fingerprint density at radius 2 is 1.83 bits per heavy atom. The van der Waals surface area contributed by atoms with Crippen LogP contribution in [-0.4, -0.2) is 0 Å². The van der Waals surface area contributed by atoms with Gasteiger partial charge in [0.1, 0.15) is 0 Å². The first-order valence-electron chi connectivity index (χ1n) is 7.00. The van der Waals surface area contributed by atoms with Gasteiger partial charge in [0.15, 0.2) is 0 Å². The predicted molar refractivity (Wildman–Crippen MR) is 81.7 cm³/mol. The first-order chi connectivity index (χ1) is 8.68. The fraction of sp³-hybridized carbons (Fsp3) is 0.444. The fourth-order valence-electron chi connectivity index (χ4n) is 1.94. The molecule has 0 aliphatic rings. The number of hydrogen-bond acceptors (Lipinski definition) is 0. The summed E-state index contributed by atoms with van der Waals surface area (Å²) >= 11 is 0. The molecule has 0 amide bonds. The second-order valence-electron chi connectivity index (χ2n) is 5.36. The molecule has 98 valence electrons. The van der Waals surface area contributed by atoms with E-state index in [2.05, 4.69) is 69.3 Å². The largest absolute Gasteiger partial charge is 0.0879 e. The van der Waals surface area contributed by atoms with Crippen LogP contribution in [-0.2, 0) is 6.42 Å². The molecule has 1 atom stereocenters. The van der Waals surface area contributed by atoms with Crippen molar-refractivity contribution in [3.05, 3.63) is 59.7 Å². The molecule has 0 radical (unpaired) electrons. The van der Waals surface area contributed by atoms with E-state index in [0.717, 1.165) is 12.3 Å². The summed E-state index contributed by atoms with van der Waals surface area (Å²) in [6, 6.07) is 10.6. The zero-order valence-electron chi connectivity index (χ0n) is 12.0. The molecule has 0 bridgehead atoms. The van der Waals surface area contributed by atoms with E-state index in [1.54, 1.807) is 0 Å². The molecule has 0 saturated carbocycles. The third-order valence-electron chi connectivity index (χ3n) is 3.11. The van der Waals surface area contributed by atoms with Crippen LogP contribution in [0.1, 0.15) is 45.6 Å². The molecule has 1 rings (SSSR count). The second-order valence-corrected chi connectivity index (χ2v) is 5.36. The lowest BCUT2D eigenvalue weighted by atomic mass is 10.0. The highest BCUT2D eigenvalue weighted by atomic mass is 14.0. The van der Waals surface area contributed by atoms with Crippen molar-refractivity contribution in [1.82, 2.24) is 0 Å². The van der Waals surface area contributed by atoms with Crippen molar-refractivity contribution in [3.63, 3.8) is 0 Å². The predicted octanol–water partition coefficient (Wildman–Crippen LogP) is 5.56. The maximum atomic E-state index is 2.34. The van der Waals surface area contributed by atoms with E-state index in [4.69, 9.17) is 0 Å². The van der Waals surface area contributed by atoms with E-state index in [9.17, 15) is 0 Å². The quantitative estimate of drug-likeness (QED) is 0.549. The summed E-state index contributed by atoms with van der Waals surface area (Å²) in [5.41, 5.74) is 2.83. The molecular weight excluding hydrogens is 216 g/mol. The summed E-state index contributed by atoms with van der Waals surface area (Å²) in [7, 11) is 0. The number of benzene rings is 1. The van der Waals surface area contributed by atoms with E-state index in [1.807, 2.05) is 0 Å². The molecule has 1 aromatic rings. The molecule has 0 aromatic heterocycles. The van der Waals surface area contributed by atoms with Crippen molar-refractivity contribution in [2.75, 3.05) is 0 Å². The lowest BCUT2D eigenvalue weighted by Gasteiger charge is -2.06. The van der Waals surface area contributed by atoms with E-state index in [0.29, 0.717) is 0 Å². The fourth-order valence-corrected chi connectivity index (χ4v) is 1.94. The van der Waals surface area contributed by atoms with Crippen LogP contribution in [0.4, 0.5) is 0 Å². The molecule has 1 aromatic carbocycles. The van der Waals surface area contributed by atoms with Crippen LogP contribution in [0.15, 0.2) is 54.1 Å². The Balaban J connectivity index is 2.18. The molecule has 0 fully saturated rings. The maximum Gasteiger partial charge on any atom is -0.00975 e. The lowest BCUT2D eigenvalue weighted by molar-refractivity contribution is 0.545. The number of rotatable bonds is 7. The van der Waals surface area contributed by atoms with Gasteiger partial charge in [-0.25, -0.2) is 0 Å². The highest BCUT2D eigenvalue weighted by molar-refractivity contribution is 5.17. The Morgan fingerprint density at radius 3 is 2.50 bits per heavy atom. The standard InChI is InChI=1S/C18H26/c1-16(2)10-9-12-17(3)11-7-8-15-18-13-5-4-6-14-18/h4-8,10,13-14,17H,9,11-12,15H2,1-3H3/b8-7+/t17-/m0/s1. The zero-order chi connectivity index (χ0) is 13.2. The molecule has 0 N–H and O–H groups in total. The van der Waals surface area contributed by atoms with Crippen molar-refractivity contribution in [2.24, 2.45) is 5.92 Å². The van der Waals surface area contributed by atoms with Crippen molar-refractivity contribution in [2.45, 2.75) is 46.5 Å². The summed E-state index contributed by atoms with van der Waals surface area (Å²) in [6.07, 6.45) is 11.7. The maximum absolute atomic E-state index is 2.34. The van der Waals surface area contributed by atoms with Crippen LogP contribution in [0.25, 0.3) is 0 Å². The minimum atomic E-state index is 0.785. The number of hydrogen-bond donors (Lipinski definition) is 0. The van der Waals surface area contributed by atoms with E-state index in [1.165, 1.54) is 30.4 Å². The molecule has 0 heterocycles. The van der Waals surface area contributed by atoms with Crippen molar-refractivity contribution in [1.29, 1.82) is 0 Å². The zero-order valence-corrected chi connectivity index (χ0v) is 12.0. The van der Waals surface area contributed by atoms with Crippen LogP contribution in [0, 0.1) is 5.92 Å². The summed E-state index contributed by atoms with van der Waals surface area (Å²) in [6.45, 7) is 6.68. The molecule has 0 aliphatic carbocycles. The second kappa shape index (κ2) is 8.74. The van der Waals surface area contributed by atoms with Gasteiger partial charge in [0, 0.05) is 0 Å². The average Bonchev–Trinajstić information content (AvgIpc) is 2.35. The van der Waals surface area contributed by atoms with Crippen molar-refractivity contribution >= 4 is 0 Å². The molecule has 18 heavy (non-hydrogen) atoms. The topological polar surface area (TPSA) is 0 Å². The van der Waals surface area contributed by atoms with Crippen molar-refractivity contribution in [3.8, 4) is 0 Å². The molecule has 0 nitrogen and oxygen atoms in total. The SMILES string of the molecule is CC(C)=CCC[C@@H](C)C/C=C/Cc1ccccc1. The highest BCUT2D eigenvalue weighted by Gasteiger charge is 1.97. The molecule has 0 heteroatoms. The summed E-state index contributed by atoms with van der Waals surface area (Å²) in [4.78, 5) is 0. The van der Waals surface area contributed by atoms with Gasteiger partial charge in [-0.1, -0.05) is 61.1 Å². The minimum absolute atomic E-state index is 0.785. The summed E-state index contributed by atoms with van der Waals surface area (Å²) in [5, 5.41) is 0. The van der Waals surface area contributed by atoms with Crippen LogP contribution in [0.3, 0.4) is 0 Å². The third kappa shape index (κ3) is 7.11. The Kier molecular flexibility index (Phi) is 7.17. The van der Waals surface area contributed by atoms with Crippen LogP contribution < -0.4 is 0 Å².